The van der Waals surface area contributed by atoms with Gasteiger partial charge in [-0.2, -0.15) is 0 Å². The molecule has 2 nitrogen and oxygen atoms in total. The van der Waals surface area contributed by atoms with E-state index >= 15 is 0 Å². The van der Waals surface area contributed by atoms with E-state index in [1.165, 1.54) is 19.2 Å². The fraction of sp³-hybridized carbons (Fsp3) is 0.143. The standard InChI is InChI=1S/C14H13FO2/c1-17-13-8-11(7-12(15)9-13)14(16)10-5-3-2-4-6-10/h2-9,14,16H,1H3. The van der Waals surface area contributed by atoms with E-state index < -0.39 is 11.9 Å². The summed E-state index contributed by atoms with van der Waals surface area (Å²) in [6.07, 6.45) is -0.846. The average Bonchev–Trinajstić information content (AvgIpc) is 2.38. The zero-order valence-electron chi connectivity index (χ0n) is 9.43. The fourth-order valence-corrected chi connectivity index (χ4v) is 1.69. The van der Waals surface area contributed by atoms with Crippen LogP contribution in [0.5, 0.6) is 5.75 Å². The third kappa shape index (κ3) is 2.63. The Bertz CT molecular complexity index is 497. The molecule has 2 rings (SSSR count). The van der Waals surface area contributed by atoms with Crippen molar-refractivity contribution in [2.45, 2.75) is 6.10 Å². The van der Waals surface area contributed by atoms with E-state index in [2.05, 4.69) is 0 Å². The molecule has 0 amide bonds. The van der Waals surface area contributed by atoms with Gasteiger partial charge in [-0.25, -0.2) is 4.39 Å². The summed E-state index contributed by atoms with van der Waals surface area (Å²) in [6.45, 7) is 0. The third-order valence-corrected chi connectivity index (χ3v) is 2.56. The molecule has 2 aromatic rings. The second-order valence-electron chi connectivity index (χ2n) is 3.74. The number of rotatable bonds is 3. The molecule has 0 aliphatic heterocycles. The van der Waals surface area contributed by atoms with Crippen LogP contribution in [-0.4, -0.2) is 12.2 Å². The summed E-state index contributed by atoms with van der Waals surface area (Å²) in [5.74, 6) is -0.0238. The monoisotopic (exact) mass is 232 g/mol. The minimum absolute atomic E-state index is 0.398. The van der Waals surface area contributed by atoms with Gasteiger partial charge in [0.05, 0.1) is 7.11 Å². The molecule has 17 heavy (non-hydrogen) atoms. The van der Waals surface area contributed by atoms with Gasteiger partial charge in [0.15, 0.2) is 0 Å². The van der Waals surface area contributed by atoms with E-state index in [0.29, 0.717) is 11.3 Å². The maximum absolute atomic E-state index is 13.3. The highest BCUT2D eigenvalue weighted by Crippen LogP contribution is 2.26. The third-order valence-electron chi connectivity index (χ3n) is 2.56. The van der Waals surface area contributed by atoms with Crippen molar-refractivity contribution >= 4 is 0 Å². The molecule has 0 radical (unpaired) electrons. The smallest absolute Gasteiger partial charge is 0.127 e. The number of hydrogen-bond donors (Lipinski definition) is 1. The molecule has 1 N–H and O–H groups in total. The molecule has 88 valence electrons. The molecule has 0 heterocycles. The summed E-state index contributed by atoms with van der Waals surface area (Å²) in [7, 11) is 1.47. The van der Waals surface area contributed by atoms with Crippen molar-refractivity contribution in [2.24, 2.45) is 0 Å². The van der Waals surface area contributed by atoms with Gasteiger partial charge in [0.25, 0.3) is 0 Å². The van der Waals surface area contributed by atoms with Crippen LogP contribution in [0, 0.1) is 5.82 Å². The average molecular weight is 232 g/mol. The maximum atomic E-state index is 13.3. The van der Waals surface area contributed by atoms with Gasteiger partial charge in [0.2, 0.25) is 0 Å². The maximum Gasteiger partial charge on any atom is 0.127 e. The van der Waals surface area contributed by atoms with Crippen molar-refractivity contribution in [1.82, 2.24) is 0 Å². The molecule has 0 fully saturated rings. The molecule has 1 atom stereocenters. The molecule has 0 saturated carbocycles. The Labute approximate surface area is 99.3 Å². The number of aliphatic hydroxyl groups is 1. The van der Waals surface area contributed by atoms with Gasteiger partial charge in [-0.15, -0.1) is 0 Å². The van der Waals surface area contributed by atoms with Crippen molar-refractivity contribution in [3.63, 3.8) is 0 Å². The molecule has 0 aliphatic carbocycles. The summed E-state index contributed by atoms with van der Waals surface area (Å²) in [5.41, 5.74) is 1.20. The second-order valence-corrected chi connectivity index (χ2v) is 3.74. The lowest BCUT2D eigenvalue weighted by atomic mass is 10.0. The van der Waals surface area contributed by atoms with Gasteiger partial charge >= 0.3 is 0 Å². The lowest BCUT2D eigenvalue weighted by molar-refractivity contribution is 0.219. The summed E-state index contributed by atoms with van der Waals surface area (Å²) in [4.78, 5) is 0. The lowest BCUT2D eigenvalue weighted by Crippen LogP contribution is -2.00. The highest BCUT2D eigenvalue weighted by molar-refractivity contribution is 5.35. The molecule has 0 bridgehead atoms. The Balaban J connectivity index is 2.37. The number of hydrogen-bond acceptors (Lipinski definition) is 2. The zero-order valence-corrected chi connectivity index (χ0v) is 9.43. The Morgan fingerprint density at radius 1 is 1.06 bits per heavy atom. The molecule has 0 spiro atoms. The highest BCUT2D eigenvalue weighted by atomic mass is 19.1. The van der Waals surface area contributed by atoms with Crippen LogP contribution < -0.4 is 4.74 Å². The quantitative estimate of drug-likeness (QED) is 0.881. The highest BCUT2D eigenvalue weighted by Gasteiger charge is 2.12. The lowest BCUT2D eigenvalue weighted by Gasteiger charge is -2.12. The zero-order chi connectivity index (χ0) is 12.3. The Kier molecular flexibility index (Phi) is 3.40. The number of methoxy groups -OCH3 is 1. The van der Waals surface area contributed by atoms with Crippen LogP contribution in [0.3, 0.4) is 0 Å². The molecule has 0 aliphatic rings. The van der Waals surface area contributed by atoms with Crippen molar-refractivity contribution in [2.75, 3.05) is 7.11 Å². The molecule has 0 aromatic heterocycles. The fourth-order valence-electron chi connectivity index (χ4n) is 1.69. The van der Waals surface area contributed by atoms with Gasteiger partial charge in [-0.1, -0.05) is 30.3 Å². The largest absolute Gasteiger partial charge is 0.497 e. The van der Waals surface area contributed by atoms with E-state index in [-0.39, 0.29) is 0 Å². The molecule has 2 aromatic carbocycles. The van der Waals surface area contributed by atoms with Crippen LogP contribution in [0.2, 0.25) is 0 Å². The summed E-state index contributed by atoms with van der Waals surface area (Å²) in [6, 6.07) is 13.3. The van der Waals surface area contributed by atoms with E-state index in [9.17, 15) is 9.50 Å². The van der Waals surface area contributed by atoms with Gasteiger partial charge in [-0.05, 0) is 23.3 Å². The van der Waals surface area contributed by atoms with Gasteiger partial charge < -0.3 is 9.84 Å². The van der Waals surface area contributed by atoms with Crippen LogP contribution in [0.25, 0.3) is 0 Å². The number of halogens is 1. The van der Waals surface area contributed by atoms with Gasteiger partial charge in [-0.3, -0.25) is 0 Å². The van der Waals surface area contributed by atoms with Crippen molar-refractivity contribution in [3.05, 3.63) is 65.5 Å². The molecule has 0 saturated heterocycles. The first-order chi connectivity index (χ1) is 8.20. The van der Waals surface area contributed by atoms with Gasteiger partial charge in [0, 0.05) is 6.07 Å². The van der Waals surface area contributed by atoms with Crippen molar-refractivity contribution in [3.8, 4) is 5.75 Å². The number of ether oxygens (including phenoxy) is 1. The van der Waals surface area contributed by atoms with Crippen LogP contribution >= 0.6 is 0 Å². The Morgan fingerprint density at radius 3 is 2.41 bits per heavy atom. The summed E-state index contributed by atoms with van der Waals surface area (Å²) < 4.78 is 18.3. The topological polar surface area (TPSA) is 29.5 Å². The minimum Gasteiger partial charge on any atom is -0.497 e. The SMILES string of the molecule is COc1cc(F)cc(C(O)c2ccccc2)c1. The van der Waals surface area contributed by atoms with Crippen LogP contribution in [0.15, 0.2) is 48.5 Å². The summed E-state index contributed by atoms with van der Waals surface area (Å²) >= 11 is 0. The predicted octanol–water partition coefficient (Wildman–Crippen LogP) is 2.92. The normalized spacial score (nSPS) is 12.2. The number of aliphatic hydroxyl groups excluding tert-OH is 1. The first kappa shape index (κ1) is 11.6. The van der Waals surface area contributed by atoms with Crippen molar-refractivity contribution in [1.29, 1.82) is 0 Å². The van der Waals surface area contributed by atoms with Crippen LogP contribution in [0.1, 0.15) is 17.2 Å². The Hall–Kier alpha value is -1.87. The van der Waals surface area contributed by atoms with E-state index in [1.54, 1.807) is 18.2 Å². The van der Waals surface area contributed by atoms with E-state index in [0.717, 1.165) is 5.56 Å². The first-order valence-corrected chi connectivity index (χ1v) is 5.28. The van der Waals surface area contributed by atoms with Crippen molar-refractivity contribution < 1.29 is 14.2 Å². The van der Waals surface area contributed by atoms with E-state index in [1.807, 2.05) is 18.2 Å². The predicted molar refractivity (Wildman–Crippen MR) is 63.5 cm³/mol. The van der Waals surface area contributed by atoms with E-state index in [4.69, 9.17) is 4.74 Å². The van der Waals surface area contributed by atoms with Crippen LogP contribution in [0.4, 0.5) is 4.39 Å². The molecular weight excluding hydrogens is 219 g/mol. The second kappa shape index (κ2) is 4.97. The van der Waals surface area contributed by atoms with Gasteiger partial charge in [0.1, 0.15) is 17.7 Å². The minimum atomic E-state index is -0.846. The molecule has 1 unspecified atom stereocenters. The molecular formula is C14H13FO2. The van der Waals surface area contributed by atoms with Crippen LogP contribution in [-0.2, 0) is 0 Å². The Morgan fingerprint density at radius 2 is 1.76 bits per heavy atom. The summed E-state index contributed by atoms with van der Waals surface area (Å²) in [5, 5.41) is 10.1. The molecule has 3 heteroatoms. The first-order valence-electron chi connectivity index (χ1n) is 5.28. The number of benzene rings is 2.